The van der Waals surface area contributed by atoms with Crippen LogP contribution in [-0.4, -0.2) is 64.9 Å². The molecule has 1 aromatic carbocycles. The number of anilines is 1. The zero-order valence-corrected chi connectivity index (χ0v) is 16.9. The first kappa shape index (κ1) is 20.2. The van der Waals surface area contributed by atoms with E-state index in [1.165, 1.54) is 6.20 Å². The summed E-state index contributed by atoms with van der Waals surface area (Å²) in [6.45, 7) is 3.05. The summed E-state index contributed by atoms with van der Waals surface area (Å²) in [6, 6.07) is 8.26. The van der Waals surface area contributed by atoms with Crippen LogP contribution in [0.2, 0.25) is 5.02 Å². The van der Waals surface area contributed by atoms with Crippen molar-refractivity contribution in [3.05, 3.63) is 58.9 Å². The second-order valence-electron chi connectivity index (χ2n) is 6.44. The third kappa shape index (κ3) is 5.03. The summed E-state index contributed by atoms with van der Waals surface area (Å²) in [5.74, 6) is -0.440. The highest BCUT2D eigenvalue weighted by atomic mass is 35.5. The molecule has 2 heterocycles. The number of aromatic nitrogens is 1. The van der Waals surface area contributed by atoms with Crippen LogP contribution in [0.5, 0.6) is 0 Å². The lowest BCUT2D eigenvalue weighted by atomic mass is 10.1. The number of hydrogen-bond donors (Lipinski definition) is 2. The van der Waals surface area contributed by atoms with Crippen LogP contribution >= 0.6 is 23.8 Å². The first-order valence-electron chi connectivity index (χ1n) is 8.74. The Kier molecular flexibility index (Phi) is 6.56. The predicted octanol–water partition coefficient (Wildman–Crippen LogP) is 2.25. The largest absolute Gasteiger partial charge is 0.336 e. The number of piperazine rings is 1. The van der Waals surface area contributed by atoms with E-state index in [2.05, 4.69) is 20.5 Å². The second-order valence-corrected chi connectivity index (χ2v) is 7.26. The van der Waals surface area contributed by atoms with Crippen LogP contribution in [0.15, 0.2) is 42.7 Å². The van der Waals surface area contributed by atoms with Crippen molar-refractivity contribution in [2.45, 2.75) is 0 Å². The molecular weight excluding hydrogens is 398 g/mol. The molecule has 7 nitrogen and oxygen atoms in total. The number of nitrogens with zero attached hydrogens (tertiary/aromatic N) is 3. The fourth-order valence-electron chi connectivity index (χ4n) is 2.77. The lowest BCUT2D eigenvalue weighted by Gasteiger charge is -2.32. The van der Waals surface area contributed by atoms with E-state index in [0.717, 1.165) is 13.1 Å². The summed E-state index contributed by atoms with van der Waals surface area (Å²) in [6.07, 6.45) is 3.02. The lowest BCUT2D eigenvalue weighted by molar-refractivity contribution is 0.0664. The molecule has 0 bridgehead atoms. The van der Waals surface area contributed by atoms with Gasteiger partial charge in [-0.15, -0.1) is 0 Å². The first-order valence-corrected chi connectivity index (χ1v) is 9.52. The molecule has 0 aliphatic carbocycles. The summed E-state index contributed by atoms with van der Waals surface area (Å²) in [7, 11) is 2.03. The van der Waals surface area contributed by atoms with E-state index in [0.29, 0.717) is 34.9 Å². The molecule has 3 rings (SSSR count). The monoisotopic (exact) mass is 417 g/mol. The molecule has 0 atom stereocenters. The smallest absolute Gasteiger partial charge is 0.258 e. The van der Waals surface area contributed by atoms with Gasteiger partial charge in [0.2, 0.25) is 0 Å². The number of rotatable bonds is 3. The number of benzene rings is 1. The van der Waals surface area contributed by atoms with Crippen LogP contribution in [0.1, 0.15) is 20.7 Å². The van der Waals surface area contributed by atoms with Crippen molar-refractivity contribution in [1.29, 1.82) is 0 Å². The zero-order valence-electron chi connectivity index (χ0n) is 15.3. The minimum absolute atomic E-state index is 0.0573. The molecule has 0 unspecified atom stereocenters. The molecule has 146 valence electrons. The number of nitrogens with one attached hydrogen (secondary N) is 2. The fraction of sp³-hybridized carbons (Fsp3) is 0.263. The SMILES string of the molecule is CN1CCN(C(=O)c2ccc(Cl)c(NC(=S)NC(=O)c3cccnc3)c2)CC1. The summed E-state index contributed by atoms with van der Waals surface area (Å²) >= 11 is 11.4. The summed E-state index contributed by atoms with van der Waals surface area (Å²) in [5.41, 5.74) is 1.35. The van der Waals surface area contributed by atoms with Gasteiger partial charge in [-0.05, 0) is 49.6 Å². The van der Waals surface area contributed by atoms with Crippen molar-refractivity contribution < 1.29 is 9.59 Å². The zero-order chi connectivity index (χ0) is 20.1. The van der Waals surface area contributed by atoms with Gasteiger partial charge in [0.1, 0.15) is 0 Å². The number of likely N-dealkylation sites (N-methyl/N-ethyl adjacent to an activating group) is 1. The number of hydrogen-bond acceptors (Lipinski definition) is 5. The topological polar surface area (TPSA) is 77.6 Å². The number of carbonyl (C=O) groups excluding carboxylic acids is 2. The highest BCUT2D eigenvalue weighted by Gasteiger charge is 2.21. The average Bonchev–Trinajstić information content (AvgIpc) is 2.70. The predicted molar refractivity (Wildman–Crippen MR) is 113 cm³/mol. The Morgan fingerprint density at radius 3 is 2.57 bits per heavy atom. The van der Waals surface area contributed by atoms with Crippen LogP contribution < -0.4 is 10.6 Å². The van der Waals surface area contributed by atoms with E-state index in [1.54, 1.807) is 36.5 Å². The van der Waals surface area contributed by atoms with Crippen LogP contribution in [0.25, 0.3) is 0 Å². The number of halogens is 1. The molecule has 9 heteroatoms. The Morgan fingerprint density at radius 1 is 1.14 bits per heavy atom. The Balaban J connectivity index is 1.67. The van der Waals surface area contributed by atoms with Crippen LogP contribution in [0.4, 0.5) is 5.69 Å². The Bertz CT molecular complexity index is 885. The molecule has 0 saturated carbocycles. The maximum absolute atomic E-state index is 12.7. The van der Waals surface area contributed by atoms with E-state index in [4.69, 9.17) is 23.8 Å². The van der Waals surface area contributed by atoms with Gasteiger partial charge in [0, 0.05) is 44.1 Å². The molecule has 28 heavy (non-hydrogen) atoms. The second kappa shape index (κ2) is 9.09. The summed E-state index contributed by atoms with van der Waals surface area (Å²) < 4.78 is 0. The van der Waals surface area contributed by atoms with Crippen LogP contribution in [0, 0.1) is 0 Å². The average molecular weight is 418 g/mol. The Morgan fingerprint density at radius 2 is 1.89 bits per heavy atom. The van der Waals surface area contributed by atoms with Crippen LogP contribution in [0.3, 0.4) is 0 Å². The van der Waals surface area contributed by atoms with Crippen molar-refractivity contribution in [2.75, 3.05) is 38.5 Å². The first-order chi connectivity index (χ1) is 13.4. The van der Waals surface area contributed by atoms with Crippen molar-refractivity contribution >= 4 is 46.4 Å². The minimum atomic E-state index is -0.383. The third-order valence-corrected chi connectivity index (χ3v) is 4.94. The number of carbonyl (C=O) groups is 2. The van der Waals surface area contributed by atoms with E-state index in [9.17, 15) is 9.59 Å². The van der Waals surface area contributed by atoms with Gasteiger partial charge in [-0.25, -0.2) is 0 Å². The molecule has 2 N–H and O–H groups in total. The number of thiocarbonyl (C=S) groups is 1. The third-order valence-electron chi connectivity index (χ3n) is 4.40. The van der Waals surface area contributed by atoms with Gasteiger partial charge in [-0.2, -0.15) is 0 Å². The normalized spacial score (nSPS) is 14.4. The number of pyridine rings is 1. The van der Waals surface area contributed by atoms with E-state index in [1.807, 2.05) is 11.9 Å². The maximum atomic E-state index is 12.7. The van der Waals surface area contributed by atoms with Gasteiger partial charge in [-0.1, -0.05) is 11.6 Å². The molecule has 2 aromatic rings. The van der Waals surface area contributed by atoms with Crippen molar-refractivity contribution in [3.63, 3.8) is 0 Å². The molecule has 1 saturated heterocycles. The van der Waals surface area contributed by atoms with Gasteiger partial charge >= 0.3 is 0 Å². The van der Waals surface area contributed by atoms with Crippen molar-refractivity contribution in [2.24, 2.45) is 0 Å². The van der Waals surface area contributed by atoms with Crippen LogP contribution in [-0.2, 0) is 0 Å². The molecule has 1 aromatic heterocycles. The highest BCUT2D eigenvalue weighted by molar-refractivity contribution is 7.80. The minimum Gasteiger partial charge on any atom is -0.336 e. The van der Waals surface area contributed by atoms with Crippen molar-refractivity contribution in [1.82, 2.24) is 20.1 Å². The molecular formula is C19H20ClN5O2S. The molecule has 0 spiro atoms. The van der Waals surface area contributed by atoms with E-state index < -0.39 is 0 Å². The van der Waals surface area contributed by atoms with Gasteiger partial charge in [0.05, 0.1) is 16.3 Å². The van der Waals surface area contributed by atoms with Crippen molar-refractivity contribution in [3.8, 4) is 0 Å². The number of amides is 2. The molecule has 1 fully saturated rings. The van der Waals surface area contributed by atoms with Gasteiger partial charge < -0.3 is 15.1 Å². The Labute approximate surface area is 173 Å². The molecule has 0 radical (unpaired) electrons. The van der Waals surface area contributed by atoms with E-state index in [-0.39, 0.29) is 16.9 Å². The highest BCUT2D eigenvalue weighted by Crippen LogP contribution is 2.24. The summed E-state index contributed by atoms with van der Waals surface area (Å²) in [4.78, 5) is 32.8. The molecule has 1 aliphatic rings. The standard InChI is InChI=1S/C19H20ClN5O2S/c1-24-7-9-25(10-8-24)18(27)13-4-5-15(20)16(11-13)22-19(28)23-17(26)14-3-2-6-21-12-14/h2-6,11-12H,7-10H2,1H3,(H2,22,23,26,28). The van der Waals surface area contributed by atoms with Gasteiger partial charge in [0.25, 0.3) is 11.8 Å². The molecule has 2 amide bonds. The Hall–Kier alpha value is -2.55. The maximum Gasteiger partial charge on any atom is 0.258 e. The van der Waals surface area contributed by atoms with Gasteiger partial charge in [0.15, 0.2) is 5.11 Å². The molecule has 1 aliphatic heterocycles. The van der Waals surface area contributed by atoms with E-state index >= 15 is 0 Å². The quantitative estimate of drug-likeness (QED) is 0.746. The van der Waals surface area contributed by atoms with Gasteiger partial charge in [-0.3, -0.25) is 19.9 Å². The summed E-state index contributed by atoms with van der Waals surface area (Å²) in [5, 5.41) is 5.93. The lowest BCUT2D eigenvalue weighted by Crippen LogP contribution is -2.47. The fourth-order valence-corrected chi connectivity index (χ4v) is 3.14.